The largest absolute Gasteiger partial charge is 0.348 e. The molecule has 0 fully saturated rings. The molecule has 2 aromatic heterocycles. The number of nitrogens with zero attached hydrogens (tertiary/aromatic N) is 3. The number of thiazole rings is 1. The molecule has 0 radical (unpaired) electrons. The molecule has 0 amide bonds. The van der Waals surface area contributed by atoms with Crippen molar-refractivity contribution in [2.45, 2.75) is 26.8 Å². The molecule has 0 saturated carbocycles. The predicted molar refractivity (Wildman–Crippen MR) is 65.6 cm³/mol. The van der Waals surface area contributed by atoms with E-state index in [1.54, 1.807) is 17.5 Å². The fourth-order valence-electron chi connectivity index (χ4n) is 1.28. The van der Waals surface area contributed by atoms with Gasteiger partial charge in [-0.15, -0.1) is 11.3 Å². The predicted octanol–water partition coefficient (Wildman–Crippen LogP) is 2.42. The zero-order valence-electron chi connectivity index (χ0n) is 9.40. The summed E-state index contributed by atoms with van der Waals surface area (Å²) in [6.07, 6.45) is 4.72. The molecule has 1 N–H and O–H groups in total. The van der Waals surface area contributed by atoms with Gasteiger partial charge in [0.25, 0.3) is 0 Å². The molecule has 5 heteroatoms. The standard InChI is InChI=1S/C11H14N4S/c1-3-9-6-13-10(16-9)7-14-11-12-5-4-8(2)15-11/h4-6H,3,7H2,1-2H3,(H,12,14,15). The van der Waals surface area contributed by atoms with Gasteiger partial charge in [-0.05, 0) is 19.4 Å². The van der Waals surface area contributed by atoms with E-state index in [2.05, 4.69) is 27.2 Å². The Hall–Kier alpha value is -1.49. The highest BCUT2D eigenvalue weighted by Crippen LogP contribution is 2.14. The molecule has 4 nitrogen and oxygen atoms in total. The van der Waals surface area contributed by atoms with Crippen LogP contribution in [0.3, 0.4) is 0 Å². The summed E-state index contributed by atoms with van der Waals surface area (Å²) in [5.74, 6) is 0.660. The fourth-order valence-corrected chi connectivity index (χ4v) is 2.08. The van der Waals surface area contributed by atoms with E-state index in [1.807, 2.05) is 19.2 Å². The van der Waals surface area contributed by atoms with E-state index in [9.17, 15) is 0 Å². The molecule has 2 heterocycles. The van der Waals surface area contributed by atoms with Crippen molar-refractivity contribution in [2.75, 3.05) is 5.32 Å². The highest BCUT2D eigenvalue weighted by atomic mass is 32.1. The Morgan fingerprint density at radius 2 is 2.25 bits per heavy atom. The van der Waals surface area contributed by atoms with Crippen LogP contribution in [-0.4, -0.2) is 15.0 Å². The molecular weight excluding hydrogens is 220 g/mol. The number of nitrogens with one attached hydrogen (secondary N) is 1. The van der Waals surface area contributed by atoms with E-state index in [4.69, 9.17) is 0 Å². The van der Waals surface area contributed by atoms with Gasteiger partial charge in [0.05, 0.1) is 6.54 Å². The Bertz CT molecular complexity index is 467. The smallest absolute Gasteiger partial charge is 0.223 e. The number of aromatic nitrogens is 3. The van der Waals surface area contributed by atoms with Crippen LogP contribution in [0.15, 0.2) is 18.5 Å². The van der Waals surface area contributed by atoms with E-state index in [0.29, 0.717) is 12.5 Å². The van der Waals surface area contributed by atoms with Crippen LogP contribution in [0.25, 0.3) is 0 Å². The first-order valence-electron chi connectivity index (χ1n) is 5.25. The zero-order chi connectivity index (χ0) is 11.4. The van der Waals surface area contributed by atoms with Crippen LogP contribution in [0.1, 0.15) is 22.5 Å². The molecule has 0 aliphatic carbocycles. The summed E-state index contributed by atoms with van der Waals surface area (Å²) in [6.45, 7) is 4.77. The van der Waals surface area contributed by atoms with Gasteiger partial charge >= 0.3 is 0 Å². The second-order valence-corrected chi connectivity index (χ2v) is 4.65. The van der Waals surface area contributed by atoms with Crippen LogP contribution < -0.4 is 5.32 Å². The van der Waals surface area contributed by atoms with Crippen molar-refractivity contribution in [3.8, 4) is 0 Å². The van der Waals surface area contributed by atoms with Crippen LogP contribution in [0, 0.1) is 6.92 Å². The van der Waals surface area contributed by atoms with Gasteiger partial charge in [0, 0.05) is 23.0 Å². The number of aryl methyl sites for hydroxylation is 2. The number of anilines is 1. The van der Waals surface area contributed by atoms with E-state index in [1.165, 1.54) is 4.88 Å². The SMILES string of the molecule is CCc1cnc(CNc2nccc(C)n2)s1. The van der Waals surface area contributed by atoms with E-state index in [-0.39, 0.29) is 0 Å². The molecule has 16 heavy (non-hydrogen) atoms. The molecular formula is C11H14N4S. The molecule has 0 bridgehead atoms. The minimum absolute atomic E-state index is 0.660. The first kappa shape index (κ1) is 11.0. The summed E-state index contributed by atoms with van der Waals surface area (Å²) in [7, 11) is 0. The second kappa shape index (κ2) is 5.03. The van der Waals surface area contributed by atoms with Crippen molar-refractivity contribution >= 4 is 17.3 Å². The van der Waals surface area contributed by atoms with Crippen molar-refractivity contribution in [2.24, 2.45) is 0 Å². The van der Waals surface area contributed by atoms with E-state index >= 15 is 0 Å². The summed E-state index contributed by atoms with van der Waals surface area (Å²) in [5.41, 5.74) is 0.964. The Kier molecular flexibility index (Phi) is 3.46. The first-order chi connectivity index (χ1) is 7.78. The topological polar surface area (TPSA) is 50.7 Å². The molecule has 0 atom stereocenters. The van der Waals surface area contributed by atoms with Gasteiger partial charge in [0.1, 0.15) is 5.01 Å². The van der Waals surface area contributed by atoms with Crippen LogP contribution >= 0.6 is 11.3 Å². The molecule has 0 aliphatic rings. The minimum Gasteiger partial charge on any atom is -0.348 e. The maximum absolute atomic E-state index is 4.32. The lowest BCUT2D eigenvalue weighted by atomic mass is 10.4. The van der Waals surface area contributed by atoms with Crippen molar-refractivity contribution in [1.29, 1.82) is 0 Å². The fraction of sp³-hybridized carbons (Fsp3) is 0.364. The summed E-state index contributed by atoms with van der Waals surface area (Å²) in [6, 6.07) is 1.88. The summed E-state index contributed by atoms with van der Waals surface area (Å²) in [4.78, 5) is 14.0. The Morgan fingerprint density at radius 1 is 1.38 bits per heavy atom. The minimum atomic E-state index is 0.660. The highest BCUT2D eigenvalue weighted by molar-refractivity contribution is 7.11. The van der Waals surface area contributed by atoms with E-state index in [0.717, 1.165) is 17.1 Å². The van der Waals surface area contributed by atoms with Gasteiger partial charge in [-0.2, -0.15) is 0 Å². The lowest BCUT2D eigenvalue weighted by molar-refractivity contribution is 1.01. The van der Waals surface area contributed by atoms with Crippen LogP contribution in [0.2, 0.25) is 0 Å². The van der Waals surface area contributed by atoms with Crippen molar-refractivity contribution in [3.05, 3.63) is 34.0 Å². The lowest BCUT2D eigenvalue weighted by Crippen LogP contribution is -2.03. The second-order valence-electron chi connectivity index (χ2n) is 3.45. The first-order valence-corrected chi connectivity index (χ1v) is 6.06. The summed E-state index contributed by atoms with van der Waals surface area (Å²) in [5, 5.41) is 4.24. The third kappa shape index (κ3) is 2.76. The van der Waals surface area contributed by atoms with Gasteiger partial charge in [0.2, 0.25) is 5.95 Å². The third-order valence-corrected chi connectivity index (χ3v) is 3.28. The Morgan fingerprint density at radius 3 is 2.94 bits per heavy atom. The van der Waals surface area contributed by atoms with Crippen molar-refractivity contribution in [3.63, 3.8) is 0 Å². The van der Waals surface area contributed by atoms with Gasteiger partial charge < -0.3 is 5.32 Å². The molecule has 0 spiro atoms. The lowest BCUT2D eigenvalue weighted by Gasteiger charge is -2.01. The van der Waals surface area contributed by atoms with Crippen molar-refractivity contribution in [1.82, 2.24) is 15.0 Å². The van der Waals surface area contributed by atoms with Crippen LogP contribution in [-0.2, 0) is 13.0 Å². The normalized spacial score (nSPS) is 10.4. The van der Waals surface area contributed by atoms with Crippen LogP contribution in [0.5, 0.6) is 0 Å². The monoisotopic (exact) mass is 234 g/mol. The summed E-state index contributed by atoms with van der Waals surface area (Å²) < 4.78 is 0. The van der Waals surface area contributed by atoms with Gasteiger partial charge in [0.15, 0.2) is 0 Å². The molecule has 0 saturated heterocycles. The van der Waals surface area contributed by atoms with Crippen LogP contribution in [0.4, 0.5) is 5.95 Å². The maximum atomic E-state index is 4.32. The summed E-state index contributed by atoms with van der Waals surface area (Å²) >= 11 is 1.73. The number of hydrogen-bond acceptors (Lipinski definition) is 5. The maximum Gasteiger partial charge on any atom is 0.223 e. The van der Waals surface area contributed by atoms with Crippen molar-refractivity contribution < 1.29 is 0 Å². The number of hydrogen-bond donors (Lipinski definition) is 1. The molecule has 2 aromatic rings. The van der Waals surface area contributed by atoms with Gasteiger partial charge in [-0.25, -0.2) is 15.0 Å². The zero-order valence-corrected chi connectivity index (χ0v) is 10.2. The quantitative estimate of drug-likeness (QED) is 0.882. The highest BCUT2D eigenvalue weighted by Gasteiger charge is 2.01. The Labute approximate surface area is 98.8 Å². The van der Waals surface area contributed by atoms with Gasteiger partial charge in [-0.3, -0.25) is 0 Å². The molecule has 84 valence electrons. The molecule has 2 rings (SSSR count). The average molecular weight is 234 g/mol. The van der Waals surface area contributed by atoms with Gasteiger partial charge in [-0.1, -0.05) is 6.92 Å². The molecule has 0 unspecified atom stereocenters. The Balaban J connectivity index is 1.96. The number of rotatable bonds is 4. The van der Waals surface area contributed by atoms with E-state index < -0.39 is 0 Å². The average Bonchev–Trinajstić information content (AvgIpc) is 2.74. The molecule has 0 aromatic carbocycles. The third-order valence-electron chi connectivity index (χ3n) is 2.14. The molecule has 0 aliphatic heterocycles.